The number of aryl methyl sites for hydroxylation is 2. The van der Waals surface area contributed by atoms with Gasteiger partial charge >= 0.3 is 20.8 Å². The molecule has 0 aliphatic heterocycles. The molecule has 2 heterocycles. The number of nitrogens with zero attached hydrogens (tertiary/aromatic N) is 2. The Morgan fingerprint density at radius 3 is 1.22 bits per heavy atom. The van der Waals surface area contributed by atoms with Gasteiger partial charge in [0.15, 0.2) is 0 Å². The molecule has 0 aliphatic rings. The highest BCUT2D eigenvalue weighted by Gasteiger charge is 2.15. The van der Waals surface area contributed by atoms with Crippen LogP contribution in [0.4, 0.5) is 0 Å². The molecular weight excluding hydrogens is 348 g/mol. The van der Waals surface area contributed by atoms with Gasteiger partial charge in [0.25, 0.3) is 0 Å². The fourth-order valence-corrected chi connectivity index (χ4v) is 1.87. The number of aromatic nitrogens is 2. The van der Waals surface area contributed by atoms with Gasteiger partial charge in [-0.15, -0.1) is 3.63 Å². The van der Waals surface area contributed by atoms with E-state index in [0.29, 0.717) is 0 Å². The molecule has 0 saturated heterocycles. The lowest BCUT2D eigenvalue weighted by atomic mass is 10.4. The predicted octanol–water partition coefficient (Wildman–Crippen LogP) is 1.39. The van der Waals surface area contributed by atoms with Gasteiger partial charge in [0.1, 0.15) is 0 Å². The molecular formula is C12H16N2O7S2. The largest absolute Gasteiger partial charge is 0.413 e. The molecule has 2 aromatic heterocycles. The third-order valence-electron chi connectivity index (χ3n) is 1.80. The van der Waals surface area contributed by atoms with E-state index in [4.69, 9.17) is 9.11 Å². The number of hydrogen-bond donors (Lipinski definition) is 2. The van der Waals surface area contributed by atoms with Crippen molar-refractivity contribution in [3.8, 4) is 0 Å². The number of pyridine rings is 2. The monoisotopic (exact) mass is 364 g/mol. The van der Waals surface area contributed by atoms with Crippen LogP contribution in [0.25, 0.3) is 0 Å². The summed E-state index contributed by atoms with van der Waals surface area (Å²) in [5.41, 5.74) is 2.14. The third-order valence-corrected chi connectivity index (χ3v) is 3.17. The molecule has 23 heavy (non-hydrogen) atoms. The second-order valence-electron chi connectivity index (χ2n) is 3.87. The summed E-state index contributed by atoms with van der Waals surface area (Å²) in [7, 11) is -10.2. The van der Waals surface area contributed by atoms with Crippen LogP contribution in [0.2, 0.25) is 0 Å². The summed E-state index contributed by atoms with van der Waals surface area (Å²) in [6.07, 6.45) is 3.57. The summed E-state index contributed by atoms with van der Waals surface area (Å²) < 4.78 is 55.6. The molecule has 2 rings (SSSR count). The number of hydrogen-bond acceptors (Lipinski definition) is 7. The summed E-state index contributed by atoms with van der Waals surface area (Å²) in [6, 6.07) is 11.7. The lowest BCUT2D eigenvalue weighted by Crippen LogP contribution is -2.10. The fourth-order valence-electron chi connectivity index (χ4n) is 1.00. The predicted molar refractivity (Wildman–Crippen MR) is 82.1 cm³/mol. The van der Waals surface area contributed by atoms with Crippen LogP contribution in [-0.4, -0.2) is 35.9 Å². The zero-order valence-corrected chi connectivity index (χ0v) is 13.9. The maximum atomic E-state index is 9.44. The van der Waals surface area contributed by atoms with Crippen molar-refractivity contribution in [2.24, 2.45) is 0 Å². The summed E-state index contributed by atoms with van der Waals surface area (Å²) in [4.78, 5) is 7.96. The first-order chi connectivity index (χ1) is 10.5. The zero-order chi connectivity index (χ0) is 17.9. The van der Waals surface area contributed by atoms with Gasteiger partial charge in [-0.1, -0.05) is 12.1 Å². The highest BCUT2D eigenvalue weighted by molar-refractivity contribution is 7.94. The molecule has 2 aromatic rings. The van der Waals surface area contributed by atoms with Gasteiger partial charge in [0, 0.05) is 23.8 Å². The molecule has 0 amide bonds. The molecule has 0 spiro atoms. The van der Waals surface area contributed by atoms with Crippen LogP contribution >= 0.6 is 0 Å². The van der Waals surface area contributed by atoms with Crippen molar-refractivity contribution in [3.63, 3.8) is 0 Å². The van der Waals surface area contributed by atoms with Gasteiger partial charge in [-0.05, 0) is 38.1 Å². The molecule has 0 fully saturated rings. The van der Waals surface area contributed by atoms with E-state index in [0.717, 1.165) is 11.4 Å². The minimum atomic E-state index is -5.12. The Morgan fingerprint density at radius 1 is 0.783 bits per heavy atom. The second-order valence-corrected chi connectivity index (χ2v) is 6.12. The van der Waals surface area contributed by atoms with Crippen LogP contribution in [-0.2, 0) is 24.4 Å². The average molecular weight is 364 g/mol. The van der Waals surface area contributed by atoms with E-state index in [-0.39, 0.29) is 0 Å². The molecule has 0 saturated carbocycles. The first kappa shape index (κ1) is 21.1. The van der Waals surface area contributed by atoms with Gasteiger partial charge in [-0.2, -0.15) is 16.8 Å². The van der Waals surface area contributed by atoms with Crippen molar-refractivity contribution in [2.45, 2.75) is 13.8 Å². The molecule has 0 radical (unpaired) electrons. The first-order valence-electron chi connectivity index (χ1n) is 5.91. The maximum Gasteiger partial charge on any atom is 0.413 e. The Balaban J connectivity index is 0.000000318. The van der Waals surface area contributed by atoms with Gasteiger partial charge < -0.3 is 0 Å². The van der Waals surface area contributed by atoms with E-state index in [1.807, 2.05) is 50.2 Å². The lowest BCUT2D eigenvalue weighted by Gasteiger charge is -1.89. The van der Waals surface area contributed by atoms with Gasteiger partial charge in [-0.25, -0.2) is 0 Å². The summed E-state index contributed by atoms with van der Waals surface area (Å²) in [5, 5.41) is 0. The van der Waals surface area contributed by atoms with Crippen LogP contribution < -0.4 is 0 Å². The van der Waals surface area contributed by atoms with E-state index in [1.165, 1.54) is 0 Å². The van der Waals surface area contributed by atoms with Crippen LogP contribution in [0.3, 0.4) is 0 Å². The van der Waals surface area contributed by atoms with Crippen molar-refractivity contribution >= 4 is 20.8 Å². The van der Waals surface area contributed by atoms with Crippen LogP contribution in [0.5, 0.6) is 0 Å². The van der Waals surface area contributed by atoms with Crippen LogP contribution in [0.1, 0.15) is 11.4 Å². The summed E-state index contributed by atoms with van der Waals surface area (Å²) in [5.74, 6) is 0. The van der Waals surface area contributed by atoms with E-state index >= 15 is 0 Å². The topological polar surface area (TPSA) is 144 Å². The van der Waals surface area contributed by atoms with Gasteiger partial charge in [0.05, 0.1) is 0 Å². The van der Waals surface area contributed by atoms with Gasteiger partial charge in [0.2, 0.25) is 0 Å². The van der Waals surface area contributed by atoms with Crippen LogP contribution in [0, 0.1) is 13.8 Å². The highest BCUT2D eigenvalue weighted by atomic mass is 32.3. The van der Waals surface area contributed by atoms with Crippen LogP contribution in [0.15, 0.2) is 48.8 Å². The molecule has 0 bridgehead atoms. The van der Waals surface area contributed by atoms with E-state index in [1.54, 1.807) is 12.4 Å². The molecule has 0 unspecified atom stereocenters. The molecule has 128 valence electrons. The second kappa shape index (κ2) is 9.97. The molecule has 0 aliphatic carbocycles. The van der Waals surface area contributed by atoms with Gasteiger partial charge in [-0.3, -0.25) is 19.1 Å². The molecule has 11 heteroatoms. The molecule has 2 N–H and O–H groups in total. The Morgan fingerprint density at radius 2 is 1.13 bits per heavy atom. The zero-order valence-electron chi connectivity index (χ0n) is 12.3. The summed E-state index contributed by atoms with van der Waals surface area (Å²) >= 11 is 0. The quantitative estimate of drug-likeness (QED) is 0.755. The maximum absolute atomic E-state index is 9.44. The Labute approximate surface area is 134 Å². The Kier molecular flexibility index (Phi) is 9.14. The fraction of sp³-hybridized carbons (Fsp3) is 0.167. The number of rotatable bonds is 2. The van der Waals surface area contributed by atoms with Crippen molar-refractivity contribution in [3.05, 3.63) is 60.2 Å². The standard InChI is InChI=1S/2C6H7N.H2O7S2/c2*1-6-4-2-3-5-7-6;1-8(2,3)7-9(4,5)6/h2*2-5H,1H3;(H,1,2,3)(H,4,5,6). The Hall–Kier alpha value is -1.92. The molecule has 0 atom stereocenters. The normalized spacial score (nSPS) is 10.6. The van der Waals surface area contributed by atoms with Crippen molar-refractivity contribution < 1.29 is 29.6 Å². The minimum absolute atomic E-state index is 1.07. The summed E-state index contributed by atoms with van der Waals surface area (Å²) in [6.45, 7) is 3.94. The average Bonchev–Trinajstić information content (AvgIpc) is 2.37. The molecule has 9 nitrogen and oxygen atoms in total. The van der Waals surface area contributed by atoms with E-state index < -0.39 is 20.8 Å². The highest BCUT2D eigenvalue weighted by Crippen LogP contribution is 1.91. The lowest BCUT2D eigenvalue weighted by molar-refractivity contribution is 0.344. The first-order valence-corrected chi connectivity index (χ1v) is 8.64. The van der Waals surface area contributed by atoms with Crippen molar-refractivity contribution in [1.29, 1.82) is 0 Å². The van der Waals surface area contributed by atoms with E-state index in [2.05, 4.69) is 13.6 Å². The minimum Gasteiger partial charge on any atom is -0.263 e. The third kappa shape index (κ3) is 16.3. The van der Waals surface area contributed by atoms with Crippen molar-refractivity contribution in [1.82, 2.24) is 9.97 Å². The smallest absolute Gasteiger partial charge is 0.263 e. The van der Waals surface area contributed by atoms with Crippen molar-refractivity contribution in [2.75, 3.05) is 0 Å². The molecule has 0 aromatic carbocycles. The Bertz CT molecular complexity index is 696. The SMILES string of the molecule is Cc1ccccn1.Cc1ccccn1.O=S(=O)(O)OS(=O)(=O)O. The van der Waals surface area contributed by atoms with E-state index in [9.17, 15) is 16.8 Å².